The molecule has 0 fully saturated rings. The summed E-state index contributed by atoms with van der Waals surface area (Å²) in [7, 11) is 0. The van der Waals surface area contributed by atoms with Crippen LogP contribution in [0.2, 0.25) is 0 Å². The van der Waals surface area contributed by atoms with Gasteiger partial charge < -0.3 is 9.84 Å². The van der Waals surface area contributed by atoms with Crippen LogP contribution in [-0.2, 0) is 4.79 Å². The van der Waals surface area contributed by atoms with Crippen LogP contribution in [-0.4, -0.2) is 36.5 Å². The number of thioether (sulfide) groups is 1. The molecular formula is C14H14N6O2S. The Hall–Kier alpha value is -2.68. The highest BCUT2D eigenvalue weighted by atomic mass is 32.2. The molecule has 0 aliphatic carbocycles. The summed E-state index contributed by atoms with van der Waals surface area (Å²) >= 11 is 1.26. The molecule has 3 rings (SSSR count). The number of para-hydroxylation sites is 1. The van der Waals surface area contributed by atoms with Gasteiger partial charge in [-0.1, -0.05) is 35.1 Å². The molecule has 0 aliphatic heterocycles. The first-order chi connectivity index (χ1) is 11.1. The van der Waals surface area contributed by atoms with Crippen molar-refractivity contribution in [3.8, 4) is 5.69 Å². The van der Waals surface area contributed by atoms with Gasteiger partial charge in [0.15, 0.2) is 5.82 Å². The van der Waals surface area contributed by atoms with Crippen LogP contribution in [0, 0.1) is 6.92 Å². The van der Waals surface area contributed by atoms with Gasteiger partial charge in [0.2, 0.25) is 11.1 Å². The molecule has 0 bridgehead atoms. The number of nitrogens with zero attached hydrogens (tertiary/aromatic N) is 5. The third kappa shape index (κ3) is 3.57. The lowest BCUT2D eigenvalue weighted by Crippen LogP contribution is -2.23. The standard InChI is InChI=1S/C14H14N6O2S/c1-9-8-12(17-22-9)15-13(21)10(2)23-14-16-18-19-20(14)11-6-4-3-5-7-11/h3-8,10H,1-2H3,(H,15,17,21). The van der Waals surface area contributed by atoms with E-state index in [4.69, 9.17) is 4.52 Å². The van der Waals surface area contributed by atoms with Crippen molar-refractivity contribution in [1.82, 2.24) is 25.4 Å². The van der Waals surface area contributed by atoms with E-state index in [1.165, 1.54) is 11.8 Å². The monoisotopic (exact) mass is 330 g/mol. The predicted octanol–water partition coefficient (Wildman–Crippen LogP) is 2.08. The number of hydrogen-bond acceptors (Lipinski definition) is 7. The highest BCUT2D eigenvalue weighted by Gasteiger charge is 2.20. The fraction of sp³-hybridized carbons (Fsp3) is 0.214. The first-order valence-electron chi connectivity index (χ1n) is 6.88. The van der Waals surface area contributed by atoms with Crippen molar-refractivity contribution in [2.75, 3.05) is 5.32 Å². The molecule has 1 atom stereocenters. The lowest BCUT2D eigenvalue weighted by molar-refractivity contribution is -0.115. The average molecular weight is 330 g/mol. The Morgan fingerprint density at radius 2 is 2.13 bits per heavy atom. The van der Waals surface area contributed by atoms with Gasteiger partial charge in [-0.2, -0.15) is 4.68 Å². The van der Waals surface area contributed by atoms with Gasteiger partial charge in [0.1, 0.15) is 5.76 Å². The highest BCUT2D eigenvalue weighted by molar-refractivity contribution is 8.00. The molecule has 9 heteroatoms. The average Bonchev–Trinajstić information content (AvgIpc) is 3.17. The number of rotatable bonds is 5. The SMILES string of the molecule is Cc1cc(NC(=O)C(C)Sc2nnnn2-c2ccccc2)no1. The number of amides is 1. The van der Waals surface area contributed by atoms with Gasteiger partial charge in [-0.15, -0.1) is 5.10 Å². The van der Waals surface area contributed by atoms with Crippen LogP contribution in [0.5, 0.6) is 0 Å². The Bertz CT molecular complexity index is 800. The third-order valence-electron chi connectivity index (χ3n) is 2.97. The maximum absolute atomic E-state index is 12.2. The molecule has 0 saturated heterocycles. The van der Waals surface area contributed by atoms with Crippen molar-refractivity contribution < 1.29 is 9.32 Å². The van der Waals surface area contributed by atoms with Crippen LogP contribution in [0.4, 0.5) is 5.82 Å². The number of benzene rings is 1. The van der Waals surface area contributed by atoms with Gasteiger partial charge in [-0.05, 0) is 36.4 Å². The molecule has 0 spiro atoms. The summed E-state index contributed by atoms with van der Waals surface area (Å²) in [6, 6.07) is 11.1. The molecule has 23 heavy (non-hydrogen) atoms. The van der Waals surface area contributed by atoms with E-state index in [2.05, 4.69) is 26.0 Å². The minimum atomic E-state index is -0.402. The van der Waals surface area contributed by atoms with Crippen molar-refractivity contribution in [3.05, 3.63) is 42.2 Å². The molecule has 1 N–H and O–H groups in total. The Balaban J connectivity index is 1.70. The van der Waals surface area contributed by atoms with Crippen molar-refractivity contribution >= 4 is 23.5 Å². The maximum atomic E-state index is 12.2. The van der Waals surface area contributed by atoms with E-state index in [1.807, 2.05) is 30.3 Å². The van der Waals surface area contributed by atoms with Gasteiger partial charge in [-0.25, -0.2) is 0 Å². The first kappa shape index (κ1) is 15.2. The zero-order valence-corrected chi connectivity index (χ0v) is 13.3. The lowest BCUT2D eigenvalue weighted by atomic mass is 10.3. The zero-order chi connectivity index (χ0) is 16.2. The fourth-order valence-corrected chi connectivity index (χ4v) is 2.66. The highest BCUT2D eigenvalue weighted by Crippen LogP contribution is 2.23. The minimum Gasteiger partial charge on any atom is -0.360 e. The zero-order valence-electron chi connectivity index (χ0n) is 12.5. The van der Waals surface area contributed by atoms with Gasteiger partial charge in [0.05, 0.1) is 10.9 Å². The Kier molecular flexibility index (Phi) is 4.38. The van der Waals surface area contributed by atoms with E-state index in [0.717, 1.165) is 5.69 Å². The Morgan fingerprint density at radius 1 is 1.35 bits per heavy atom. The Morgan fingerprint density at radius 3 is 2.83 bits per heavy atom. The summed E-state index contributed by atoms with van der Waals surface area (Å²) in [6.45, 7) is 3.53. The van der Waals surface area contributed by atoms with E-state index in [1.54, 1.807) is 24.6 Å². The lowest BCUT2D eigenvalue weighted by Gasteiger charge is -2.10. The summed E-state index contributed by atoms with van der Waals surface area (Å²) < 4.78 is 6.51. The Labute approximate surface area is 136 Å². The minimum absolute atomic E-state index is 0.203. The second-order valence-electron chi connectivity index (χ2n) is 4.78. The van der Waals surface area contributed by atoms with Crippen molar-refractivity contribution in [3.63, 3.8) is 0 Å². The molecule has 8 nitrogen and oxygen atoms in total. The molecule has 118 valence electrons. The smallest absolute Gasteiger partial charge is 0.238 e. The molecule has 1 amide bonds. The van der Waals surface area contributed by atoms with Crippen LogP contribution in [0.25, 0.3) is 5.69 Å². The molecule has 0 aliphatic rings. The summed E-state index contributed by atoms with van der Waals surface area (Å²) in [5.74, 6) is 0.821. The largest absolute Gasteiger partial charge is 0.360 e. The molecule has 2 aromatic heterocycles. The van der Waals surface area contributed by atoms with Crippen LogP contribution in [0.15, 0.2) is 46.1 Å². The van der Waals surface area contributed by atoms with E-state index >= 15 is 0 Å². The number of hydrogen-bond donors (Lipinski definition) is 1. The first-order valence-corrected chi connectivity index (χ1v) is 7.76. The van der Waals surface area contributed by atoms with E-state index < -0.39 is 5.25 Å². The molecule has 0 saturated carbocycles. The number of carbonyl (C=O) groups excluding carboxylic acids is 1. The van der Waals surface area contributed by atoms with Crippen LogP contribution in [0.3, 0.4) is 0 Å². The second kappa shape index (κ2) is 6.61. The number of aromatic nitrogens is 5. The summed E-state index contributed by atoms with van der Waals surface area (Å²) in [6.07, 6.45) is 0. The van der Waals surface area contributed by atoms with Crippen LogP contribution in [0.1, 0.15) is 12.7 Å². The van der Waals surface area contributed by atoms with Gasteiger partial charge in [0, 0.05) is 6.07 Å². The van der Waals surface area contributed by atoms with Crippen LogP contribution >= 0.6 is 11.8 Å². The second-order valence-corrected chi connectivity index (χ2v) is 6.09. The number of nitrogens with one attached hydrogen (secondary N) is 1. The third-order valence-corrected chi connectivity index (χ3v) is 4.01. The number of tetrazole rings is 1. The van der Waals surface area contributed by atoms with Crippen LogP contribution < -0.4 is 5.32 Å². The number of anilines is 1. The topological polar surface area (TPSA) is 98.7 Å². The van der Waals surface area contributed by atoms with Gasteiger partial charge >= 0.3 is 0 Å². The van der Waals surface area contributed by atoms with E-state index in [-0.39, 0.29) is 5.91 Å². The molecule has 2 heterocycles. The summed E-state index contributed by atoms with van der Waals surface area (Å²) in [5.41, 5.74) is 0.833. The molecule has 1 unspecified atom stereocenters. The molecular weight excluding hydrogens is 316 g/mol. The van der Waals surface area contributed by atoms with Gasteiger partial charge in [-0.3, -0.25) is 4.79 Å². The fourth-order valence-electron chi connectivity index (χ4n) is 1.85. The normalized spacial score (nSPS) is 12.1. The van der Waals surface area contributed by atoms with Crippen molar-refractivity contribution in [2.45, 2.75) is 24.3 Å². The summed E-state index contributed by atoms with van der Waals surface area (Å²) in [4.78, 5) is 12.2. The molecule has 3 aromatic rings. The molecule has 0 radical (unpaired) electrons. The van der Waals surface area contributed by atoms with Crippen molar-refractivity contribution in [2.24, 2.45) is 0 Å². The van der Waals surface area contributed by atoms with Gasteiger partial charge in [0.25, 0.3) is 0 Å². The number of carbonyl (C=O) groups is 1. The quantitative estimate of drug-likeness (QED) is 0.715. The number of aryl methyl sites for hydroxylation is 1. The predicted molar refractivity (Wildman–Crippen MR) is 84.3 cm³/mol. The van der Waals surface area contributed by atoms with Crippen molar-refractivity contribution in [1.29, 1.82) is 0 Å². The van der Waals surface area contributed by atoms with E-state index in [9.17, 15) is 4.79 Å². The molecule has 1 aromatic carbocycles. The van der Waals surface area contributed by atoms with E-state index in [0.29, 0.717) is 16.7 Å². The maximum Gasteiger partial charge on any atom is 0.238 e. The summed E-state index contributed by atoms with van der Waals surface area (Å²) in [5, 5.41) is 18.2.